The summed E-state index contributed by atoms with van der Waals surface area (Å²) in [6.45, 7) is 6.59. The predicted molar refractivity (Wildman–Crippen MR) is 87.5 cm³/mol. The van der Waals surface area contributed by atoms with E-state index in [0.29, 0.717) is 25.2 Å². The molecule has 0 aromatic heterocycles. The third-order valence-electron chi connectivity index (χ3n) is 3.28. The Labute approximate surface area is 131 Å². The molecule has 0 saturated carbocycles. The molecular weight excluding hydrogens is 276 g/mol. The highest BCUT2D eigenvalue weighted by molar-refractivity contribution is 5.72. The van der Waals surface area contributed by atoms with Crippen molar-refractivity contribution < 1.29 is 14.3 Å². The molecule has 0 spiro atoms. The molecule has 116 valence electrons. The van der Waals surface area contributed by atoms with Crippen LogP contribution in [0.25, 0.3) is 0 Å². The summed E-state index contributed by atoms with van der Waals surface area (Å²) in [6, 6.07) is 13.6. The van der Waals surface area contributed by atoms with Crippen molar-refractivity contribution in [1.82, 2.24) is 0 Å². The summed E-state index contributed by atoms with van der Waals surface area (Å²) in [6.07, 6.45) is 1.02. The number of hydrogen-bond acceptors (Lipinski definition) is 3. The van der Waals surface area contributed by atoms with Gasteiger partial charge in [0.1, 0.15) is 11.5 Å². The van der Waals surface area contributed by atoms with Gasteiger partial charge in [0.2, 0.25) is 0 Å². The number of carbonyl (C=O) groups is 1. The Kier molecular flexibility index (Phi) is 5.59. The van der Waals surface area contributed by atoms with Crippen LogP contribution in [0, 0.1) is 13.8 Å². The minimum atomic E-state index is -0.209. The Morgan fingerprint density at radius 3 is 2.18 bits per heavy atom. The lowest BCUT2D eigenvalue weighted by Crippen LogP contribution is -2.09. The molecule has 22 heavy (non-hydrogen) atoms. The Hall–Kier alpha value is -2.29. The lowest BCUT2D eigenvalue weighted by molar-refractivity contribution is -0.134. The molecule has 0 unspecified atom stereocenters. The summed E-state index contributed by atoms with van der Waals surface area (Å²) in [5, 5.41) is 0. The fourth-order valence-electron chi connectivity index (χ4n) is 2.34. The van der Waals surface area contributed by atoms with Crippen LogP contribution in [0.5, 0.6) is 11.5 Å². The summed E-state index contributed by atoms with van der Waals surface area (Å²) in [5.41, 5.74) is 3.28. The minimum Gasteiger partial charge on any atom is -0.494 e. The van der Waals surface area contributed by atoms with E-state index in [1.54, 1.807) is 0 Å². The van der Waals surface area contributed by atoms with Crippen molar-refractivity contribution in [3.63, 3.8) is 0 Å². The fraction of sp³-hybridized carbons (Fsp3) is 0.316. The number of carbonyl (C=O) groups excluding carboxylic acids is 1. The molecule has 2 rings (SSSR count). The summed E-state index contributed by atoms with van der Waals surface area (Å²) >= 11 is 0. The number of esters is 1. The van der Waals surface area contributed by atoms with Gasteiger partial charge in [0.15, 0.2) is 0 Å². The maximum absolute atomic E-state index is 11.9. The van der Waals surface area contributed by atoms with Crippen LogP contribution in [0.2, 0.25) is 0 Å². The lowest BCUT2D eigenvalue weighted by Gasteiger charge is -2.07. The second-order valence-corrected chi connectivity index (χ2v) is 5.37. The van der Waals surface area contributed by atoms with E-state index in [1.807, 2.05) is 57.2 Å². The maximum atomic E-state index is 11.9. The first-order valence-corrected chi connectivity index (χ1v) is 7.57. The minimum absolute atomic E-state index is 0.209. The van der Waals surface area contributed by atoms with Crippen molar-refractivity contribution in [2.24, 2.45) is 0 Å². The van der Waals surface area contributed by atoms with Crippen molar-refractivity contribution in [2.75, 3.05) is 6.61 Å². The summed E-state index contributed by atoms with van der Waals surface area (Å²) < 4.78 is 10.8. The van der Waals surface area contributed by atoms with Gasteiger partial charge in [-0.3, -0.25) is 4.79 Å². The molecule has 0 atom stereocenters. The first kappa shape index (κ1) is 16.1. The lowest BCUT2D eigenvalue weighted by atomic mass is 10.1. The Morgan fingerprint density at radius 2 is 1.59 bits per heavy atom. The van der Waals surface area contributed by atoms with Crippen LogP contribution in [0.15, 0.2) is 42.5 Å². The molecule has 0 amide bonds. The monoisotopic (exact) mass is 298 g/mol. The highest BCUT2D eigenvalue weighted by Gasteiger charge is 2.07. The Bertz CT molecular complexity index is 609. The van der Waals surface area contributed by atoms with Crippen LogP contribution in [0.3, 0.4) is 0 Å². The quantitative estimate of drug-likeness (QED) is 0.591. The second kappa shape index (κ2) is 7.64. The van der Waals surface area contributed by atoms with Crippen LogP contribution in [0.4, 0.5) is 0 Å². The van der Waals surface area contributed by atoms with Gasteiger partial charge in [-0.2, -0.15) is 0 Å². The van der Waals surface area contributed by atoms with Gasteiger partial charge in [0, 0.05) is 6.42 Å². The fourth-order valence-corrected chi connectivity index (χ4v) is 2.34. The van der Waals surface area contributed by atoms with E-state index in [4.69, 9.17) is 9.47 Å². The van der Waals surface area contributed by atoms with Gasteiger partial charge in [-0.1, -0.05) is 18.2 Å². The van der Waals surface area contributed by atoms with Crippen LogP contribution in [0.1, 0.15) is 30.0 Å². The molecule has 2 aromatic carbocycles. The molecule has 0 radical (unpaired) electrons. The van der Waals surface area contributed by atoms with Gasteiger partial charge >= 0.3 is 5.97 Å². The largest absolute Gasteiger partial charge is 0.494 e. The van der Waals surface area contributed by atoms with E-state index in [2.05, 4.69) is 6.07 Å². The van der Waals surface area contributed by atoms with E-state index >= 15 is 0 Å². The third-order valence-corrected chi connectivity index (χ3v) is 3.28. The molecule has 0 aliphatic heterocycles. The van der Waals surface area contributed by atoms with Crippen LogP contribution in [-0.4, -0.2) is 12.6 Å². The molecule has 0 N–H and O–H groups in total. The topological polar surface area (TPSA) is 35.5 Å². The molecule has 0 saturated heterocycles. The van der Waals surface area contributed by atoms with Crippen molar-refractivity contribution in [3.05, 3.63) is 59.2 Å². The normalized spacial score (nSPS) is 10.3. The zero-order valence-corrected chi connectivity index (χ0v) is 13.4. The zero-order chi connectivity index (χ0) is 15.9. The molecule has 3 heteroatoms. The molecule has 2 aromatic rings. The van der Waals surface area contributed by atoms with Gasteiger partial charge in [0.25, 0.3) is 0 Å². The van der Waals surface area contributed by atoms with E-state index < -0.39 is 0 Å². The van der Waals surface area contributed by atoms with E-state index in [-0.39, 0.29) is 5.97 Å². The summed E-state index contributed by atoms with van der Waals surface area (Å²) in [4.78, 5) is 11.9. The molecule has 0 aliphatic carbocycles. The maximum Gasteiger partial charge on any atom is 0.311 e. The second-order valence-electron chi connectivity index (χ2n) is 5.37. The van der Waals surface area contributed by atoms with E-state index in [9.17, 15) is 4.79 Å². The zero-order valence-electron chi connectivity index (χ0n) is 13.4. The molecule has 0 fully saturated rings. The number of hydrogen-bond donors (Lipinski definition) is 0. The molecule has 0 bridgehead atoms. The summed E-state index contributed by atoms with van der Waals surface area (Å²) in [7, 11) is 0. The van der Waals surface area contributed by atoms with Crippen molar-refractivity contribution >= 4 is 5.97 Å². The van der Waals surface area contributed by atoms with Gasteiger partial charge in [0.05, 0.1) is 6.61 Å². The highest BCUT2D eigenvalue weighted by Crippen LogP contribution is 2.18. The number of benzene rings is 2. The molecule has 0 aliphatic rings. The van der Waals surface area contributed by atoms with Crippen molar-refractivity contribution in [1.29, 1.82) is 0 Å². The van der Waals surface area contributed by atoms with Crippen molar-refractivity contribution in [2.45, 2.75) is 33.6 Å². The molecular formula is C19H22O3. The molecule has 3 nitrogen and oxygen atoms in total. The van der Waals surface area contributed by atoms with Crippen LogP contribution >= 0.6 is 0 Å². The Morgan fingerprint density at radius 1 is 0.955 bits per heavy atom. The smallest absolute Gasteiger partial charge is 0.311 e. The van der Waals surface area contributed by atoms with Gasteiger partial charge in [-0.25, -0.2) is 0 Å². The first-order chi connectivity index (χ1) is 10.6. The van der Waals surface area contributed by atoms with E-state index in [1.165, 1.54) is 0 Å². The van der Waals surface area contributed by atoms with Gasteiger partial charge in [-0.05, 0) is 68.1 Å². The number of rotatable bonds is 6. The van der Waals surface area contributed by atoms with Crippen LogP contribution in [-0.2, 0) is 11.2 Å². The Balaban J connectivity index is 1.87. The number of aryl methyl sites for hydroxylation is 3. The average molecular weight is 298 g/mol. The first-order valence-electron chi connectivity index (χ1n) is 7.57. The van der Waals surface area contributed by atoms with E-state index in [0.717, 1.165) is 22.4 Å². The van der Waals surface area contributed by atoms with Gasteiger partial charge < -0.3 is 9.47 Å². The molecule has 0 heterocycles. The van der Waals surface area contributed by atoms with Crippen LogP contribution < -0.4 is 9.47 Å². The highest BCUT2D eigenvalue weighted by atomic mass is 16.5. The standard InChI is InChI=1S/C19H22O3/c1-4-21-17-8-5-16(6-9-17)7-10-19(20)22-18-12-14(2)11-15(3)13-18/h5-6,8-9,11-13H,4,7,10H2,1-3H3. The number of ether oxygens (including phenoxy) is 2. The van der Waals surface area contributed by atoms with Gasteiger partial charge in [-0.15, -0.1) is 0 Å². The average Bonchev–Trinajstić information content (AvgIpc) is 2.46. The summed E-state index contributed by atoms with van der Waals surface area (Å²) in [5.74, 6) is 1.26. The predicted octanol–water partition coefficient (Wildman–Crippen LogP) is 4.24. The third kappa shape index (κ3) is 4.92. The van der Waals surface area contributed by atoms with Crippen molar-refractivity contribution in [3.8, 4) is 11.5 Å². The SMILES string of the molecule is CCOc1ccc(CCC(=O)Oc2cc(C)cc(C)c2)cc1.